The van der Waals surface area contributed by atoms with E-state index in [1.165, 1.54) is 18.4 Å². The van der Waals surface area contributed by atoms with Crippen molar-refractivity contribution in [2.45, 2.75) is 19.9 Å². The Morgan fingerprint density at radius 3 is 2.92 bits per heavy atom. The maximum absolute atomic E-state index is 11.0. The summed E-state index contributed by atoms with van der Waals surface area (Å²) >= 11 is 1.40. The van der Waals surface area contributed by atoms with E-state index in [9.17, 15) is 4.79 Å². The Hall–Kier alpha value is -1.10. The predicted molar refractivity (Wildman–Crippen MR) is 52.2 cm³/mol. The molecule has 1 aromatic heterocycles. The van der Waals surface area contributed by atoms with Crippen molar-refractivity contribution in [1.82, 2.24) is 4.98 Å². The van der Waals surface area contributed by atoms with Crippen molar-refractivity contribution in [3.05, 3.63) is 11.1 Å². The number of aromatic nitrogens is 1. The normalized spacial score (nSPS) is 10.2. The summed E-state index contributed by atoms with van der Waals surface area (Å²) in [6, 6.07) is 0.316. The lowest BCUT2D eigenvalue weighted by molar-refractivity contribution is 0.0595. The Morgan fingerprint density at radius 2 is 2.38 bits per heavy atom. The second-order valence-corrected chi connectivity index (χ2v) is 3.69. The van der Waals surface area contributed by atoms with Crippen molar-refractivity contribution in [3.8, 4) is 0 Å². The molecule has 72 valence electrons. The quantitative estimate of drug-likeness (QED) is 0.755. The van der Waals surface area contributed by atoms with Crippen molar-refractivity contribution in [1.29, 1.82) is 0 Å². The molecular formula is C8H12N2O2S. The molecule has 0 spiro atoms. The standard InChI is InChI=1S/C8H12N2O2S/c1-5(2)9-8-10-6(4-13-8)7(11)12-3/h4-5H,1-3H3,(H,9,10). The highest BCUT2D eigenvalue weighted by atomic mass is 32.1. The number of esters is 1. The molecule has 0 atom stereocenters. The minimum atomic E-state index is -0.395. The number of ether oxygens (including phenoxy) is 1. The van der Waals surface area contributed by atoms with Gasteiger partial charge in [-0.15, -0.1) is 11.3 Å². The Balaban J connectivity index is 2.69. The minimum absolute atomic E-state index is 0.316. The average molecular weight is 200 g/mol. The van der Waals surface area contributed by atoms with E-state index in [0.29, 0.717) is 11.7 Å². The highest BCUT2D eigenvalue weighted by Crippen LogP contribution is 2.16. The molecule has 4 nitrogen and oxygen atoms in total. The number of nitrogens with zero attached hydrogens (tertiary/aromatic N) is 1. The summed E-state index contributed by atoms with van der Waals surface area (Å²) in [5.41, 5.74) is 0.357. The van der Waals surface area contributed by atoms with Crippen LogP contribution in [0.2, 0.25) is 0 Å². The number of hydrogen-bond donors (Lipinski definition) is 1. The van der Waals surface area contributed by atoms with Crippen LogP contribution in [0.1, 0.15) is 24.3 Å². The summed E-state index contributed by atoms with van der Waals surface area (Å²) < 4.78 is 4.53. The number of thiazole rings is 1. The van der Waals surface area contributed by atoms with Gasteiger partial charge < -0.3 is 10.1 Å². The third kappa shape index (κ3) is 2.69. The van der Waals surface area contributed by atoms with Crippen LogP contribution in [0.25, 0.3) is 0 Å². The first-order valence-electron chi connectivity index (χ1n) is 3.94. The van der Waals surface area contributed by atoms with Gasteiger partial charge in [0.2, 0.25) is 0 Å². The lowest BCUT2D eigenvalue weighted by Gasteiger charge is -2.03. The van der Waals surface area contributed by atoms with Crippen molar-refractivity contribution in [3.63, 3.8) is 0 Å². The van der Waals surface area contributed by atoms with Gasteiger partial charge in [0.25, 0.3) is 0 Å². The van der Waals surface area contributed by atoms with E-state index < -0.39 is 5.97 Å². The van der Waals surface area contributed by atoms with Gasteiger partial charge in [0.1, 0.15) is 0 Å². The number of methoxy groups -OCH3 is 1. The number of anilines is 1. The molecular weight excluding hydrogens is 188 g/mol. The predicted octanol–water partition coefficient (Wildman–Crippen LogP) is 1.75. The second kappa shape index (κ2) is 4.23. The molecule has 0 unspecified atom stereocenters. The van der Waals surface area contributed by atoms with Gasteiger partial charge in [-0.1, -0.05) is 0 Å². The average Bonchev–Trinajstić information content (AvgIpc) is 2.50. The number of hydrogen-bond acceptors (Lipinski definition) is 5. The molecule has 0 bridgehead atoms. The molecule has 5 heteroatoms. The zero-order chi connectivity index (χ0) is 9.84. The number of rotatable bonds is 3. The van der Waals surface area contributed by atoms with Gasteiger partial charge in [0.15, 0.2) is 10.8 Å². The van der Waals surface area contributed by atoms with Crippen LogP contribution in [0.4, 0.5) is 5.13 Å². The Bertz CT molecular complexity index is 296. The summed E-state index contributed by atoms with van der Waals surface area (Å²) in [6.07, 6.45) is 0. The van der Waals surface area contributed by atoms with Crippen LogP contribution in [0, 0.1) is 0 Å². The third-order valence-electron chi connectivity index (χ3n) is 1.31. The molecule has 1 rings (SSSR count). The van der Waals surface area contributed by atoms with Crippen LogP contribution in [0.3, 0.4) is 0 Å². The molecule has 0 fully saturated rings. The van der Waals surface area contributed by atoms with E-state index in [4.69, 9.17) is 0 Å². The molecule has 0 saturated carbocycles. The van der Waals surface area contributed by atoms with Gasteiger partial charge in [-0.3, -0.25) is 0 Å². The van der Waals surface area contributed by atoms with Gasteiger partial charge in [0.05, 0.1) is 7.11 Å². The molecule has 1 aromatic rings. The largest absolute Gasteiger partial charge is 0.464 e. The van der Waals surface area contributed by atoms with Crippen LogP contribution in [0.15, 0.2) is 5.38 Å². The van der Waals surface area contributed by atoms with E-state index in [1.807, 2.05) is 13.8 Å². The lowest BCUT2D eigenvalue weighted by atomic mass is 10.4. The first-order chi connectivity index (χ1) is 6.13. The van der Waals surface area contributed by atoms with Crippen LogP contribution < -0.4 is 5.32 Å². The van der Waals surface area contributed by atoms with Gasteiger partial charge in [-0.25, -0.2) is 9.78 Å². The molecule has 0 amide bonds. The number of nitrogens with one attached hydrogen (secondary N) is 1. The molecule has 0 aliphatic rings. The summed E-state index contributed by atoms with van der Waals surface area (Å²) in [6.45, 7) is 4.03. The minimum Gasteiger partial charge on any atom is -0.464 e. The molecule has 0 aromatic carbocycles. The van der Waals surface area contributed by atoms with E-state index in [0.717, 1.165) is 5.13 Å². The number of carbonyl (C=O) groups excluding carboxylic acids is 1. The Morgan fingerprint density at radius 1 is 1.69 bits per heavy atom. The molecule has 0 saturated heterocycles. The lowest BCUT2D eigenvalue weighted by Crippen LogP contribution is -2.10. The van der Waals surface area contributed by atoms with Gasteiger partial charge in [0, 0.05) is 11.4 Å². The highest BCUT2D eigenvalue weighted by molar-refractivity contribution is 7.13. The van der Waals surface area contributed by atoms with Crippen LogP contribution in [-0.2, 0) is 4.74 Å². The SMILES string of the molecule is COC(=O)c1csc(NC(C)C)n1. The molecule has 0 aliphatic carbocycles. The fourth-order valence-corrected chi connectivity index (χ4v) is 1.61. The van der Waals surface area contributed by atoms with E-state index in [1.54, 1.807) is 5.38 Å². The van der Waals surface area contributed by atoms with E-state index >= 15 is 0 Å². The fraction of sp³-hybridized carbons (Fsp3) is 0.500. The second-order valence-electron chi connectivity index (χ2n) is 2.83. The Kier molecular flexibility index (Phi) is 3.25. The molecule has 0 aliphatic heterocycles. The van der Waals surface area contributed by atoms with Gasteiger partial charge in [-0.05, 0) is 13.8 Å². The monoisotopic (exact) mass is 200 g/mol. The van der Waals surface area contributed by atoms with Crippen LogP contribution in [-0.4, -0.2) is 24.1 Å². The smallest absolute Gasteiger partial charge is 0.357 e. The zero-order valence-electron chi connectivity index (χ0n) is 7.83. The maximum Gasteiger partial charge on any atom is 0.357 e. The fourth-order valence-electron chi connectivity index (χ4n) is 0.785. The third-order valence-corrected chi connectivity index (χ3v) is 2.08. The topological polar surface area (TPSA) is 51.2 Å². The molecule has 13 heavy (non-hydrogen) atoms. The van der Waals surface area contributed by atoms with Crippen LogP contribution >= 0.6 is 11.3 Å². The molecule has 0 radical (unpaired) electrons. The van der Waals surface area contributed by atoms with Crippen molar-refractivity contribution in [2.75, 3.05) is 12.4 Å². The molecule has 1 heterocycles. The number of carbonyl (C=O) groups is 1. The van der Waals surface area contributed by atoms with Gasteiger partial charge >= 0.3 is 5.97 Å². The first-order valence-corrected chi connectivity index (χ1v) is 4.82. The summed E-state index contributed by atoms with van der Waals surface area (Å²) in [5.74, 6) is -0.395. The van der Waals surface area contributed by atoms with E-state index in [2.05, 4.69) is 15.0 Å². The highest BCUT2D eigenvalue weighted by Gasteiger charge is 2.10. The maximum atomic E-state index is 11.0. The van der Waals surface area contributed by atoms with Gasteiger partial charge in [-0.2, -0.15) is 0 Å². The summed E-state index contributed by atoms with van der Waals surface area (Å²) in [5, 5.41) is 5.53. The van der Waals surface area contributed by atoms with Crippen LogP contribution in [0.5, 0.6) is 0 Å². The van der Waals surface area contributed by atoms with Crippen molar-refractivity contribution >= 4 is 22.4 Å². The molecule has 1 N–H and O–H groups in total. The summed E-state index contributed by atoms with van der Waals surface area (Å²) in [7, 11) is 1.34. The summed E-state index contributed by atoms with van der Waals surface area (Å²) in [4.78, 5) is 15.1. The zero-order valence-corrected chi connectivity index (χ0v) is 8.64. The van der Waals surface area contributed by atoms with Crippen molar-refractivity contribution in [2.24, 2.45) is 0 Å². The first kappa shape index (κ1) is 9.98. The van der Waals surface area contributed by atoms with Crippen molar-refractivity contribution < 1.29 is 9.53 Å². The Labute approximate surface area is 80.9 Å². The van der Waals surface area contributed by atoms with E-state index in [-0.39, 0.29) is 0 Å².